The number of rotatable bonds is 1. The molecule has 0 aromatic rings. The predicted molar refractivity (Wildman–Crippen MR) is 63.7 cm³/mol. The molecule has 0 spiro atoms. The van der Waals surface area contributed by atoms with E-state index in [4.69, 9.17) is 0 Å². The Labute approximate surface area is 103 Å². The Hall–Kier alpha value is -2.36. The number of ketones is 4. The molecule has 18 heavy (non-hydrogen) atoms. The van der Waals surface area contributed by atoms with Crippen molar-refractivity contribution in [3.63, 3.8) is 0 Å². The number of carbonyl (C=O) groups excluding carboxylic acids is 4. The van der Waals surface area contributed by atoms with Crippen LogP contribution in [-0.4, -0.2) is 23.1 Å². The summed E-state index contributed by atoms with van der Waals surface area (Å²) < 4.78 is 0. The molecule has 2 aliphatic carbocycles. The third-order valence-corrected chi connectivity index (χ3v) is 3.00. The van der Waals surface area contributed by atoms with Crippen molar-refractivity contribution in [3.05, 3.63) is 46.6 Å². The molecular formula is C14H10O4. The summed E-state index contributed by atoms with van der Waals surface area (Å²) in [6.07, 6.45) is 4.59. The summed E-state index contributed by atoms with van der Waals surface area (Å²) in [6.45, 7) is 2.96. The van der Waals surface area contributed by atoms with Gasteiger partial charge in [0.2, 0.25) is 0 Å². The Balaban J connectivity index is 2.68. The van der Waals surface area contributed by atoms with Crippen molar-refractivity contribution in [2.45, 2.75) is 13.8 Å². The molecule has 2 aliphatic rings. The van der Waals surface area contributed by atoms with Crippen molar-refractivity contribution in [3.8, 4) is 0 Å². The molecule has 0 heterocycles. The molecule has 2 rings (SSSR count). The lowest BCUT2D eigenvalue weighted by Gasteiger charge is -2.17. The Morgan fingerprint density at radius 1 is 0.556 bits per heavy atom. The lowest BCUT2D eigenvalue weighted by molar-refractivity contribution is -0.116. The van der Waals surface area contributed by atoms with E-state index >= 15 is 0 Å². The molecule has 4 nitrogen and oxygen atoms in total. The van der Waals surface area contributed by atoms with Crippen molar-refractivity contribution < 1.29 is 19.2 Å². The lowest BCUT2D eigenvalue weighted by atomic mass is 9.83. The molecule has 4 heteroatoms. The van der Waals surface area contributed by atoms with E-state index in [1.165, 1.54) is 26.0 Å². The molecular weight excluding hydrogens is 232 g/mol. The van der Waals surface area contributed by atoms with Crippen molar-refractivity contribution in [2.24, 2.45) is 0 Å². The monoisotopic (exact) mass is 242 g/mol. The minimum Gasteiger partial charge on any atom is -0.290 e. The van der Waals surface area contributed by atoms with Crippen LogP contribution in [-0.2, 0) is 19.2 Å². The molecule has 0 atom stereocenters. The van der Waals surface area contributed by atoms with Crippen LogP contribution in [0.2, 0.25) is 0 Å². The SMILES string of the molecule is CC1=C(C2=C(C)C(=O)C=CC2=O)C(=O)C=CC1=O. The second kappa shape index (κ2) is 4.14. The van der Waals surface area contributed by atoms with E-state index in [2.05, 4.69) is 0 Å². The smallest absolute Gasteiger partial charge is 0.187 e. The third kappa shape index (κ3) is 1.72. The van der Waals surface area contributed by atoms with Crippen LogP contribution < -0.4 is 0 Å². The summed E-state index contributed by atoms with van der Waals surface area (Å²) in [4.78, 5) is 46.8. The van der Waals surface area contributed by atoms with Gasteiger partial charge in [-0.1, -0.05) is 0 Å². The van der Waals surface area contributed by atoms with Crippen molar-refractivity contribution >= 4 is 23.1 Å². The summed E-state index contributed by atoms with van der Waals surface area (Å²) in [5.41, 5.74) is 0.493. The van der Waals surface area contributed by atoms with E-state index in [0.717, 1.165) is 12.2 Å². The first kappa shape index (κ1) is 12.1. The number of carbonyl (C=O) groups is 4. The fourth-order valence-electron chi connectivity index (χ4n) is 1.96. The van der Waals surface area contributed by atoms with E-state index in [0.29, 0.717) is 0 Å². The first-order valence-corrected chi connectivity index (χ1v) is 5.39. The molecule has 0 N–H and O–H groups in total. The molecule has 0 unspecified atom stereocenters. The van der Waals surface area contributed by atoms with Crippen LogP contribution in [0.4, 0.5) is 0 Å². The molecule has 0 saturated heterocycles. The molecule has 0 bridgehead atoms. The third-order valence-electron chi connectivity index (χ3n) is 3.00. The minimum absolute atomic E-state index is 0.0442. The Morgan fingerprint density at radius 2 is 0.833 bits per heavy atom. The summed E-state index contributed by atoms with van der Waals surface area (Å²) in [6, 6.07) is 0. The van der Waals surface area contributed by atoms with Crippen molar-refractivity contribution in [1.29, 1.82) is 0 Å². The fraction of sp³-hybridized carbons (Fsp3) is 0.143. The van der Waals surface area contributed by atoms with Gasteiger partial charge in [0, 0.05) is 22.3 Å². The largest absolute Gasteiger partial charge is 0.290 e. The van der Waals surface area contributed by atoms with Gasteiger partial charge in [0.15, 0.2) is 23.1 Å². The van der Waals surface area contributed by atoms with Crippen LogP contribution in [0, 0.1) is 0 Å². The Morgan fingerprint density at radius 3 is 1.17 bits per heavy atom. The van der Waals surface area contributed by atoms with Gasteiger partial charge in [-0.15, -0.1) is 0 Å². The molecule has 0 amide bonds. The zero-order chi connectivity index (χ0) is 13.4. The van der Waals surface area contributed by atoms with E-state index in [-0.39, 0.29) is 33.9 Å². The van der Waals surface area contributed by atoms with Crippen LogP contribution >= 0.6 is 0 Å². The molecule has 90 valence electrons. The van der Waals surface area contributed by atoms with Crippen LogP contribution in [0.3, 0.4) is 0 Å². The summed E-state index contributed by atoms with van der Waals surface area (Å²) in [5.74, 6) is -1.48. The zero-order valence-electron chi connectivity index (χ0n) is 9.94. The maximum Gasteiger partial charge on any atom is 0.187 e. The Bertz CT molecular complexity index is 568. The maximum absolute atomic E-state index is 11.8. The second-order valence-electron chi connectivity index (χ2n) is 4.12. The molecule has 0 fully saturated rings. The highest BCUT2D eigenvalue weighted by atomic mass is 16.1. The van der Waals surface area contributed by atoms with Crippen LogP contribution in [0.5, 0.6) is 0 Å². The highest BCUT2D eigenvalue weighted by Crippen LogP contribution is 2.27. The summed E-state index contributed by atoms with van der Waals surface area (Å²) in [7, 11) is 0. The normalized spacial score (nSPS) is 20.3. The van der Waals surface area contributed by atoms with Gasteiger partial charge in [-0.3, -0.25) is 19.2 Å². The van der Waals surface area contributed by atoms with Gasteiger partial charge in [0.25, 0.3) is 0 Å². The highest BCUT2D eigenvalue weighted by molar-refractivity contribution is 6.31. The van der Waals surface area contributed by atoms with Gasteiger partial charge in [-0.25, -0.2) is 0 Å². The Kier molecular flexibility index (Phi) is 2.79. The number of hydrogen-bond acceptors (Lipinski definition) is 4. The fourth-order valence-corrected chi connectivity index (χ4v) is 1.96. The van der Waals surface area contributed by atoms with Gasteiger partial charge >= 0.3 is 0 Å². The van der Waals surface area contributed by atoms with Crippen molar-refractivity contribution in [2.75, 3.05) is 0 Å². The van der Waals surface area contributed by atoms with Gasteiger partial charge in [0.05, 0.1) is 0 Å². The highest BCUT2D eigenvalue weighted by Gasteiger charge is 2.30. The average molecular weight is 242 g/mol. The van der Waals surface area contributed by atoms with Crippen LogP contribution in [0.1, 0.15) is 13.8 Å². The van der Waals surface area contributed by atoms with Crippen LogP contribution in [0.25, 0.3) is 0 Å². The molecule has 0 aliphatic heterocycles. The van der Waals surface area contributed by atoms with E-state index in [9.17, 15) is 19.2 Å². The first-order valence-electron chi connectivity index (χ1n) is 5.39. The molecule has 0 aromatic heterocycles. The van der Waals surface area contributed by atoms with Gasteiger partial charge in [-0.05, 0) is 38.2 Å². The average Bonchev–Trinajstić information content (AvgIpc) is 2.33. The van der Waals surface area contributed by atoms with Gasteiger partial charge in [-0.2, -0.15) is 0 Å². The first-order chi connectivity index (χ1) is 8.43. The number of allylic oxidation sites excluding steroid dienone is 8. The molecule has 0 radical (unpaired) electrons. The van der Waals surface area contributed by atoms with Crippen LogP contribution in [0.15, 0.2) is 46.6 Å². The van der Waals surface area contributed by atoms with E-state index in [1.54, 1.807) is 0 Å². The maximum atomic E-state index is 11.8. The van der Waals surface area contributed by atoms with E-state index in [1.807, 2.05) is 0 Å². The zero-order valence-corrected chi connectivity index (χ0v) is 9.94. The quantitative estimate of drug-likeness (QED) is 0.644. The van der Waals surface area contributed by atoms with E-state index < -0.39 is 11.6 Å². The standard InChI is InChI=1S/C14H10O4/c1-7-9(15)3-5-11(17)13(7)14-8(2)10(16)4-6-12(14)18/h3-6H,1-2H3. The molecule has 0 aromatic carbocycles. The number of hydrogen-bond donors (Lipinski definition) is 0. The molecule has 0 saturated carbocycles. The lowest BCUT2D eigenvalue weighted by Crippen LogP contribution is -2.22. The predicted octanol–water partition coefficient (Wildman–Crippen LogP) is 1.04. The van der Waals surface area contributed by atoms with Gasteiger partial charge < -0.3 is 0 Å². The topological polar surface area (TPSA) is 68.3 Å². The second-order valence-corrected chi connectivity index (χ2v) is 4.12. The summed E-state index contributed by atoms with van der Waals surface area (Å²) >= 11 is 0. The van der Waals surface area contributed by atoms with Crippen molar-refractivity contribution in [1.82, 2.24) is 0 Å². The minimum atomic E-state index is -0.419. The van der Waals surface area contributed by atoms with Gasteiger partial charge in [0.1, 0.15) is 0 Å². The summed E-state index contributed by atoms with van der Waals surface area (Å²) in [5, 5.41) is 0.